The van der Waals surface area contributed by atoms with E-state index in [9.17, 15) is 0 Å². The number of allylic oxidation sites excluding steroid dienone is 1. The number of hydrogen-bond donors (Lipinski definition) is 0. The molecule has 0 heterocycles. The van der Waals surface area contributed by atoms with E-state index >= 15 is 0 Å². The highest BCUT2D eigenvalue weighted by molar-refractivity contribution is 5.18. The molecule has 2 fully saturated rings. The second-order valence-electron chi connectivity index (χ2n) is 6.71. The standard InChI is InChI=1S/C16H25N/c1-11(2)15(17-5)13-8-10-16(4)9-6-7-12(3)14(13)16/h11,13-15H,3,6-10H2,1-2,4H3/t13-,14+,15+,16-/m0/s1. The van der Waals surface area contributed by atoms with E-state index in [4.69, 9.17) is 6.57 Å². The number of rotatable bonds is 2. The molecular weight excluding hydrogens is 206 g/mol. The molecule has 0 N–H and O–H groups in total. The fraction of sp³-hybridized carbons (Fsp3) is 0.812. The first-order chi connectivity index (χ1) is 7.99. The molecule has 0 aromatic rings. The first-order valence-electron chi connectivity index (χ1n) is 7.04. The van der Waals surface area contributed by atoms with E-state index in [1.807, 2.05) is 0 Å². The van der Waals surface area contributed by atoms with E-state index in [1.54, 1.807) is 0 Å². The summed E-state index contributed by atoms with van der Waals surface area (Å²) in [4.78, 5) is 3.94. The Balaban J connectivity index is 2.26. The van der Waals surface area contributed by atoms with Gasteiger partial charge in [0.25, 0.3) is 0 Å². The third-order valence-corrected chi connectivity index (χ3v) is 5.18. The second-order valence-corrected chi connectivity index (χ2v) is 6.71. The molecule has 1 heteroatoms. The monoisotopic (exact) mass is 231 g/mol. The molecule has 2 rings (SSSR count). The third-order valence-electron chi connectivity index (χ3n) is 5.18. The molecule has 0 bridgehead atoms. The topological polar surface area (TPSA) is 4.36 Å². The zero-order valence-electron chi connectivity index (χ0n) is 11.5. The van der Waals surface area contributed by atoms with Gasteiger partial charge in [-0.15, -0.1) is 0 Å². The van der Waals surface area contributed by atoms with Crippen LogP contribution in [0.2, 0.25) is 0 Å². The fourth-order valence-corrected chi connectivity index (χ4v) is 4.39. The van der Waals surface area contributed by atoms with Crippen LogP contribution in [0.25, 0.3) is 4.85 Å². The fourth-order valence-electron chi connectivity index (χ4n) is 4.39. The zero-order valence-corrected chi connectivity index (χ0v) is 11.5. The lowest BCUT2D eigenvalue weighted by molar-refractivity contribution is 0.163. The van der Waals surface area contributed by atoms with Gasteiger partial charge in [-0.25, -0.2) is 6.57 Å². The molecular formula is C16H25N. The maximum absolute atomic E-state index is 7.49. The predicted molar refractivity (Wildman–Crippen MR) is 72.5 cm³/mol. The van der Waals surface area contributed by atoms with Crippen molar-refractivity contribution in [2.75, 3.05) is 0 Å². The molecule has 17 heavy (non-hydrogen) atoms. The lowest BCUT2D eigenvalue weighted by Gasteiger charge is -2.40. The van der Waals surface area contributed by atoms with Gasteiger partial charge in [-0.1, -0.05) is 32.9 Å². The Kier molecular flexibility index (Phi) is 3.34. The maximum atomic E-state index is 7.49. The summed E-state index contributed by atoms with van der Waals surface area (Å²) < 4.78 is 0. The molecule has 1 nitrogen and oxygen atoms in total. The van der Waals surface area contributed by atoms with Crippen LogP contribution in [0.1, 0.15) is 52.9 Å². The molecule has 0 radical (unpaired) electrons. The van der Waals surface area contributed by atoms with Gasteiger partial charge in [-0.2, -0.15) is 0 Å². The van der Waals surface area contributed by atoms with Crippen LogP contribution in [-0.2, 0) is 0 Å². The van der Waals surface area contributed by atoms with Crippen LogP contribution < -0.4 is 0 Å². The molecule has 0 aromatic heterocycles. The molecule has 0 saturated heterocycles. The Labute approximate surface area is 106 Å². The van der Waals surface area contributed by atoms with E-state index in [0.717, 1.165) is 0 Å². The van der Waals surface area contributed by atoms with Gasteiger partial charge < -0.3 is 4.85 Å². The van der Waals surface area contributed by atoms with Gasteiger partial charge in [0, 0.05) is 11.8 Å². The van der Waals surface area contributed by atoms with Crippen molar-refractivity contribution >= 4 is 0 Å². The van der Waals surface area contributed by atoms with E-state index in [1.165, 1.54) is 37.7 Å². The summed E-state index contributed by atoms with van der Waals surface area (Å²) in [7, 11) is 0. The molecule has 0 spiro atoms. The highest BCUT2D eigenvalue weighted by atomic mass is 14.8. The van der Waals surface area contributed by atoms with Crippen LogP contribution in [0.15, 0.2) is 12.2 Å². The van der Waals surface area contributed by atoms with Gasteiger partial charge in [0.05, 0.1) is 0 Å². The maximum Gasteiger partial charge on any atom is 0.229 e. The van der Waals surface area contributed by atoms with E-state index in [2.05, 4.69) is 32.2 Å². The number of hydrogen-bond acceptors (Lipinski definition) is 0. The van der Waals surface area contributed by atoms with Crippen LogP contribution in [0, 0.1) is 29.7 Å². The summed E-state index contributed by atoms with van der Waals surface area (Å²) >= 11 is 0. The van der Waals surface area contributed by atoms with Gasteiger partial charge in [-0.05, 0) is 43.4 Å². The van der Waals surface area contributed by atoms with Crippen molar-refractivity contribution in [2.45, 2.75) is 58.9 Å². The van der Waals surface area contributed by atoms with Crippen LogP contribution in [0.4, 0.5) is 0 Å². The minimum atomic E-state index is 0.205. The minimum Gasteiger partial charge on any atom is -0.313 e. The summed E-state index contributed by atoms with van der Waals surface area (Å²) in [5.74, 6) is 1.68. The van der Waals surface area contributed by atoms with Crippen LogP contribution in [0.5, 0.6) is 0 Å². The van der Waals surface area contributed by atoms with Crippen molar-refractivity contribution in [1.29, 1.82) is 0 Å². The predicted octanol–water partition coefficient (Wildman–Crippen LogP) is 4.70. The second kappa shape index (κ2) is 4.48. The van der Waals surface area contributed by atoms with Gasteiger partial charge in [0.2, 0.25) is 6.04 Å². The van der Waals surface area contributed by atoms with Gasteiger partial charge in [0.15, 0.2) is 0 Å². The first-order valence-corrected chi connectivity index (χ1v) is 7.04. The molecule has 0 aliphatic heterocycles. The van der Waals surface area contributed by atoms with Crippen molar-refractivity contribution in [1.82, 2.24) is 0 Å². The van der Waals surface area contributed by atoms with E-state index in [0.29, 0.717) is 23.2 Å². The summed E-state index contributed by atoms with van der Waals surface area (Å²) in [5, 5.41) is 0. The molecule has 4 atom stereocenters. The summed E-state index contributed by atoms with van der Waals surface area (Å²) in [6.45, 7) is 18.6. The molecule has 2 aliphatic carbocycles. The Bertz CT molecular complexity index is 349. The summed E-state index contributed by atoms with van der Waals surface area (Å²) in [5.41, 5.74) is 1.90. The van der Waals surface area contributed by atoms with Gasteiger partial charge in [-0.3, -0.25) is 0 Å². The number of nitrogens with zero attached hydrogens (tertiary/aromatic N) is 1. The van der Waals surface area contributed by atoms with Crippen molar-refractivity contribution in [2.24, 2.45) is 23.2 Å². The Morgan fingerprint density at radius 2 is 2.12 bits per heavy atom. The highest BCUT2D eigenvalue weighted by Gasteiger charge is 2.52. The van der Waals surface area contributed by atoms with Gasteiger partial charge >= 0.3 is 0 Å². The van der Waals surface area contributed by atoms with E-state index in [-0.39, 0.29) is 6.04 Å². The van der Waals surface area contributed by atoms with Crippen molar-refractivity contribution in [3.05, 3.63) is 23.6 Å². The van der Waals surface area contributed by atoms with Crippen molar-refractivity contribution in [3.8, 4) is 0 Å². The SMILES string of the molecule is [C-]#[N+][C@H](C(C)C)[C@H]1CC[C@]2(C)CCCC(=C)[C@H]12. The summed E-state index contributed by atoms with van der Waals surface area (Å²) in [6.07, 6.45) is 6.39. The quantitative estimate of drug-likeness (QED) is 0.479. The molecule has 0 amide bonds. The average Bonchev–Trinajstić information content (AvgIpc) is 2.58. The van der Waals surface area contributed by atoms with Crippen LogP contribution in [0.3, 0.4) is 0 Å². The Morgan fingerprint density at radius 1 is 1.41 bits per heavy atom. The van der Waals surface area contributed by atoms with Crippen molar-refractivity contribution < 1.29 is 0 Å². The van der Waals surface area contributed by atoms with Crippen LogP contribution in [-0.4, -0.2) is 6.04 Å². The average molecular weight is 231 g/mol. The largest absolute Gasteiger partial charge is 0.313 e. The minimum absolute atomic E-state index is 0.205. The molecule has 2 saturated carbocycles. The molecule has 2 aliphatic rings. The normalized spacial score (nSPS) is 38.9. The van der Waals surface area contributed by atoms with E-state index < -0.39 is 0 Å². The Morgan fingerprint density at radius 3 is 2.71 bits per heavy atom. The summed E-state index contributed by atoms with van der Waals surface area (Å²) in [6, 6.07) is 0.205. The molecule has 94 valence electrons. The van der Waals surface area contributed by atoms with Crippen molar-refractivity contribution in [3.63, 3.8) is 0 Å². The third kappa shape index (κ3) is 2.03. The number of fused-ring (bicyclic) bond motifs is 1. The Hall–Kier alpha value is -0.770. The molecule has 0 aromatic carbocycles. The smallest absolute Gasteiger partial charge is 0.229 e. The van der Waals surface area contributed by atoms with Crippen LogP contribution >= 0.6 is 0 Å². The first kappa shape index (κ1) is 12.7. The zero-order chi connectivity index (χ0) is 12.6. The molecule has 0 unspecified atom stereocenters. The lowest BCUT2D eigenvalue weighted by Crippen LogP contribution is -2.35. The highest BCUT2D eigenvalue weighted by Crippen LogP contribution is 2.58. The lowest BCUT2D eigenvalue weighted by atomic mass is 9.64. The van der Waals surface area contributed by atoms with Gasteiger partial charge in [0.1, 0.15) is 0 Å².